The molecule has 3 heteroatoms. The van der Waals surface area contributed by atoms with Gasteiger partial charge in [0.15, 0.2) is 0 Å². The Morgan fingerprint density at radius 2 is 2.31 bits per heavy atom. The maximum atomic E-state index is 5.97. The van der Waals surface area contributed by atoms with Crippen LogP contribution in [0.15, 0.2) is 35.2 Å². The minimum atomic E-state index is 0.744. The lowest BCUT2D eigenvalue weighted by molar-refractivity contribution is 1.40. The molecular weight excluding hydrogens is 202 g/mol. The molecule has 70 valence electrons. The molecule has 13 heavy (non-hydrogen) atoms. The molecule has 0 atom stereocenters. The van der Waals surface area contributed by atoms with Crippen molar-refractivity contribution in [1.82, 2.24) is 0 Å². The van der Waals surface area contributed by atoms with Gasteiger partial charge in [-0.3, -0.25) is 0 Å². The van der Waals surface area contributed by atoms with Gasteiger partial charge in [-0.1, -0.05) is 23.8 Å². The smallest absolute Gasteiger partial charge is 0.0543 e. The quantitative estimate of drug-likeness (QED) is 0.472. The highest BCUT2D eigenvalue weighted by atomic mass is 35.5. The zero-order valence-corrected chi connectivity index (χ0v) is 9.08. The second-order valence-corrected chi connectivity index (χ2v) is 4.36. The van der Waals surface area contributed by atoms with Gasteiger partial charge in [-0.2, -0.15) is 0 Å². The molecule has 0 bridgehead atoms. The Hall–Kier alpha value is -0.600. The van der Waals surface area contributed by atoms with E-state index >= 15 is 0 Å². The summed E-state index contributed by atoms with van der Waals surface area (Å²) in [4.78, 5) is 1.02. The van der Waals surface area contributed by atoms with E-state index in [4.69, 9.17) is 17.3 Å². The highest BCUT2D eigenvalue weighted by Gasteiger charge is 2.00. The lowest BCUT2D eigenvalue weighted by Crippen LogP contribution is -1.86. The Morgan fingerprint density at radius 1 is 1.62 bits per heavy atom. The van der Waals surface area contributed by atoms with Crippen molar-refractivity contribution < 1.29 is 0 Å². The van der Waals surface area contributed by atoms with Crippen LogP contribution in [0.4, 0.5) is 5.69 Å². The first-order valence-electron chi connectivity index (χ1n) is 3.92. The molecule has 1 aromatic carbocycles. The van der Waals surface area contributed by atoms with E-state index in [2.05, 4.69) is 6.58 Å². The van der Waals surface area contributed by atoms with Crippen molar-refractivity contribution in [2.45, 2.75) is 11.8 Å². The molecule has 0 aliphatic carbocycles. The van der Waals surface area contributed by atoms with Crippen molar-refractivity contribution in [3.63, 3.8) is 0 Å². The van der Waals surface area contributed by atoms with E-state index in [0.29, 0.717) is 0 Å². The monoisotopic (exact) mass is 213 g/mol. The van der Waals surface area contributed by atoms with Crippen molar-refractivity contribution in [3.8, 4) is 0 Å². The fraction of sp³-hybridized carbons (Fsp3) is 0.200. The minimum Gasteiger partial charge on any atom is -0.399 e. The zero-order chi connectivity index (χ0) is 9.84. The first-order valence-corrected chi connectivity index (χ1v) is 5.28. The van der Waals surface area contributed by atoms with E-state index in [1.54, 1.807) is 17.8 Å². The lowest BCUT2D eigenvalue weighted by Gasteiger charge is -2.04. The maximum absolute atomic E-state index is 5.97. The molecule has 0 aliphatic rings. The average Bonchev–Trinajstić information content (AvgIpc) is 2.06. The summed E-state index contributed by atoms with van der Waals surface area (Å²) in [5, 5.41) is 0.750. The fourth-order valence-corrected chi connectivity index (χ4v) is 1.94. The molecule has 0 amide bonds. The predicted octanol–water partition coefficient (Wildman–Crippen LogP) is 3.59. The van der Waals surface area contributed by atoms with Crippen LogP contribution in [0.5, 0.6) is 0 Å². The van der Waals surface area contributed by atoms with Crippen LogP contribution in [-0.2, 0) is 0 Å². The molecule has 1 nitrogen and oxygen atoms in total. The molecular formula is C10H12ClNS. The first-order chi connectivity index (χ1) is 6.09. The first kappa shape index (κ1) is 10.5. The second kappa shape index (κ2) is 4.58. The summed E-state index contributed by atoms with van der Waals surface area (Å²) in [5.74, 6) is 0.878. The van der Waals surface area contributed by atoms with Gasteiger partial charge in [-0.25, -0.2) is 0 Å². The maximum Gasteiger partial charge on any atom is 0.0543 e. The normalized spacial score (nSPS) is 10.0. The Kier molecular flexibility index (Phi) is 3.70. The number of nitrogens with two attached hydrogens (primary N) is 1. The van der Waals surface area contributed by atoms with E-state index in [0.717, 1.165) is 26.9 Å². The van der Waals surface area contributed by atoms with Crippen molar-refractivity contribution in [2.75, 3.05) is 11.5 Å². The van der Waals surface area contributed by atoms with E-state index in [-0.39, 0.29) is 0 Å². The van der Waals surface area contributed by atoms with Crippen LogP contribution in [0.2, 0.25) is 5.02 Å². The van der Waals surface area contributed by atoms with Crippen LogP contribution >= 0.6 is 23.4 Å². The number of hydrogen-bond acceptors (Lipinski definition) is 2. The Bertz CT molecular complexity index is 323. The highest BCUT2D eigenvalue weighted by molar-refractivity contribution is 7.99. The van der Waals surface area contributed by atoms with Gasteiger partial charge >= 0.3 is 0 Å². The van der Waals surface area contributed by atoms with Gasteiger partial charge < -0.3 is 5.73 Å². The molecule has 0 saturated carbocycles. The van der Waals surface area contributed by atoms with Gasteiger partial charge in [0, 0.05) is 16.3 Å². The number of benzene rings is 1. The third-order valence-electron chi connectivity index (χ3n) is 1.43. The highest BCUT2D eigenvalue weighted by Crippen LogP contribution is 2.29. The zero-order valence-electron chi connectivity index (χ0n) is 7.51. The molecule has 1 aromatic rings. The van der Waals surface area contributed by atoms with Crippen molar-refractivity contribution in [3.05, 3.63) is 35.4 Å². The van der Waals surface area contributed by atoms with Gasteiger partial charge in [-0.05, 0) is 25.1 Å². The molecule has 0 heterocycles. The van der Waals surface area contributed by atoms with Crippen LogP contribution in [0.1, 0.15) is 6.92 Å². The van der Waals surface area contributed by atoms with Crippen LogP contribution in [0.25, 0.3) is 0 Å². The molecule has 1 rings (SSSR count). The third-order valence-corrected chi connectivity index (χ3v) is 3.16. The van der Waals surface area contributed by atoms with Crippen molar-refractivity contribution in [2.24, 2.45) is 0 Å². The summed E-state index contributed by atoms with van der Waals surface area (Å²) in [5.41, 5.74) is 7.51. The van der Waals surface area contributed by atoms with Crippen LogP contribution in [0, 0.1) is 0 Å². The Labute approximate surface area is 88.0 Å². The largest absolute Gasteiger partial charge is 0.399 e. The molecule has 0 aromatic heterocycles. The van der Waals surface area contributed by atoms with Crippen molar-refractivity contribution in [1.29, 1.82) is 0 Å². The number of hydrogen-bond donors (Lipinski definition) is 1. The number of rotatable bonds is 3. The molecule has 0 radical (unpaired) electrons. The summed E-state index contributed by atoms with van der Waals surface area (Å²) < 4.78 is 0. The summed E-state index contributed by atoms with van der Waals surface area (Å²) in [6.45, 7) is 5.82. The van der Waals surface area contributed by atoms with Gasteiger partial charge in [0.25, 0.3) is 0 Å². The van der Waals surface area contributed by atoms with E-state index in [9.17, 15) is 0 Å². The summed E-state index contributed by atoms with van der Waals surface area (Å²) in [6.07, 6.45) is 0. The molecule has 0 fully saturated rings. The predicted molar refractivity (Wildman–Crippen MR) is 61.4 cm³/mol. The van der Waals surface area contributed by atoms with Crippen LogP contribution in [-0.4, -0.2) is 5.75 Å². The molecule has 0 spiro atoms. The Balaban J connectivity index is 2.75. The molecule has 0 unspecified atom stereocenters. The number of halogens is 1. The summed E-state index contributed by atoms with van der Waals surface area (Å²) in [7, 11) is 0. The van der Waals surface area contributed by atoms with E-state index in [1.165, 1.54) is 0 Å². The van der Waals surface area contributed by atoms with Crippen molar-refractivity contribution >= 4 is 29.1 Å². The lowest BCUT2D eigenvalue weighted by atomic mass is 10.3. The number of anilines is 1. The van der Waals surface area contributed by atoms with Gasteiger partial charge in [0.2, 0.25) is 0 Å². The number of thioether (sulfide) groups is 1. The minimum absolute atomic E-state index is 0.744. The third kappa shape index (κ3) is 3.33. The standard InChI is InChI=1S/C10H12ClNS/c1-7(2)6-13-10-5-8(12)3-4-9(10)11/h3-5H,1,6,12H2,2H3. The topological polar surface area (TPSA) is 26.0 Å². The van der Waals surface area contributed by atoms with E-state index in [1.807, 2.05) is 19.1 Å². The van der Waals surface area contributed by atoms with Gasteiger partial charge in [-0.15, -0.1) is 11.8 Å². The summed E-state index contributed by atoms with van der Waals surface area (Å²) in [6, 6.07) is 5.50. The summed E-state index contributed by atoms with van der Waals surface area (Å²) >= 11 is 7.63. The average molecular weight is 214 g/mol. The van der Waals surface area contributed by atoms with Gasteiger partial charge in [0.1, 0.15) is 0 Å². The number of nitrogen functional groups attached to an aromatic ring is 1. The van der Waals surface area contributed by atoms with Gasteiger partial charge in [0.05, 0.1) is 5.02 Å². The molecule has 2 N–H and O–H groups in total. The molecule has 0 aliphatic heterocycles. The molecule has 0 saturated heterocycles. The second-order valence-electron chi connectivity index (χ2n) is 2.94. The fourth-order valence-electron chi connectivity index (χ4n) is 0.832. The van der Waals surface area contributed by atoms with Crippen LogP contribution in [0.3, 0.4) is 0 Å². The SMILES string of the molecule is C=C(C)CSc1cc(N)ccc1Cl. The van der Waals surface area contributed by atoms with E-state index < -0.39 is 0 Å². The Morgan fingerprint density at radius 3 is 2.92 bits per heavy atom. The van der Waals surface area contributed by atoms with Crippen LogP contribution < -0.4 is 5.73 Å².